The summed E-state index contributed by atoms with van der Waals surface area (Å²) in [5.74, 6) is -0.341. The van der Waals surface area contributed by atoms with Gasteiger partial charge in [-0.2, -0.15) is 0 Å². The van der Waals surface area contributed by atoms with Gasteiger partial charge in [0.15, 0.2) is 0 Å². The van der Waals surface area contributed by atoms with Crippen molar-refractivity contribution in [2.24, 2.45) is 0 Å². The highest BCUT2D eigenvalue weighted by atomic mass is 32.2. The zero-order valence-electron chi connectivity index (χ0n) is 16.1. The number of carbonyl (C=O) groups excluding carboxylic acids is 3. The smallest absolute Gasteiger partial charge is 0.336 e. The Bertz CT molecular complexity index is 1050. The van der Waals surface area contributed by atoms with Crippen LogP contribution in [-0.2, 0) is 32.1 Å². The van der Waals surface area contributed by atoms with Crippen molar-refractivity contribution in [2.45, 2.75) is 24.4 Å². The number of fused-ring (bicyclic) bond motifs is 1. The number of amides is 2. The summed E-state index contributed by atoms with van der Waals surface area (Å²) in [6, 6.07) is 8.41. The van der Waals surface area contributed by atoms with Crippen LogP contribution in [0.3, 0.4) is 0 Å². The van der Waals surface area contributed by atoms with Gasteiger partial charge >= 0.3 is 5.97 Å². The van der Waals surface area contributed by atoms with Gasteiger partial charge in [-0.15, -0.1) is 11.8 Å². The molecule has 0 aliphatic carbocycles. The monoisotopic (exact) mass is 443 g/mol. The van der Waals surface area contributed by atoms with Gasteiger partial charge in [0.2, 0.25) is 5.91 Å². The molecule has 0 bridgehead atoms. The lowest BCUT2D eigenvalue weighted by Crippen LogP contribution is -2.68. The zero-order chi connectivity index (χ0) is 22.0. The second-order valence-electron chi connectivity index (χ2n) is 6.90. The molecule has 1 saturated heterocycles. The molecule has 2 aromatic rings. The second-order valence-corrected chi connectivity index (χ2v) is 8.01. The summed E-state index contributed by atoms with van der Waals surface area (Å²) in [7, 11) is 0. The molecule has 0 spiro atoms. The van der Waals surface area contributed by atoms with E-state index in [1.165, 1.54) is 53.4 Å². The molecule has 1 fully saturated rings. The molecule has 0 saturated carbocycles. The van der Waals surface area contributed by atoms with Gasteiger partial charge < -0.3 is 19.4 Å². The van der Waals surface area contributed by atoms with Gasteiger partial charge in [-0.1, -0.05) is 0 Å². The standard InChI is InChI=1S/C20H17N3O7S/c24-16(8-15-2-1-7-29-15)21-17-18(25)22-9-13(11-31-19(17)22)20(26)30-10-12-3-5-14(6-4-12)23(27)28/h1-7,9,17,19H,8,10-11H2,(H,21,24)/t17?,19-/m1/s1. The predicted octanol–water partition coefficient (Wildman–Crippen LogP) is 1.76. The highest BCUT2D eigenvalue weighted by Crippen LogP contribution is 2.36. The highest BCUT2D eigenvalue weighted by molar-refractivity contribution is 8.00. The highest BCUT2D eigenvalue weighted by Gasteiger charge is 2.50. The Labute approximate surface area is 180 Å². The van der Waals surface area contributed by atoms with E-state index in [1.807, 2.05) is 0 Å². The van der Waals surface area contributed by atoms with E-state index < -0.39 is 16.9 Å². The zero-order valence-corrected chi connectivity index (χ0v) is 16.9. The number of esters is 1. The molecule has 3 heterocycles. The van der Waals surface area contributed by atoms with Crippen LogP contribution in [0.1, 0.15) is 11.3 Å². The molecular formula is C20H17N3O7S. The number of nitro groups is 1. The van der Waals surface area contributed by atoms with Crippen LogP contribution < -0.4 is 5.32 Å². The fourth-order valence-electron chi connectivity index (χ4n) is 3.18. The molecular weight excluding hydrogens is 426 g/mol. The van der Waals surface area contributed by atoms with Gasteiger partial charge in [0.05, 0.1) is 23.2 Å². The van der Waals surface area contributed by atoms with E-state index in [4.69, 9.17) is 9.15 Å². The molecule has 2 amide bonds. The lowest BCUT2D eigenvalue weighted by molar-refractivity contribution is -0.384. The van der Waals surface area contributed by atoms with Crippen molar-refractivity contribution in [3.8, 4) is 0 Å². The Morgan fingerprint density at radius 3 is 2.74 bits per heavy atom. The molecule has 31 heavy (non-hydrogen) atoms. The van der Waals surface area contributed by atoms with Crippen LogP contribution >= 0.6 is 11.8 Å². The van der Waals surface area contributed by atoms with E-state index in [2.05, 4.69) is 5.32 Å². The molecule has 11 heteroatoms. The topological polar surface area (TPSA) is 132 Å². The van der Waals surface area contributed by atoms with Crippen molar-refractivity contribution in [3.63, 3.8) is 0 Å². The molecule has 1 unspecified atom stereocenters. The van der Waals surface area contributed by atoms with Crippen molar-refractivity contribution in [2.75, 3.05) is 5.75 Å². The quantitative estimate of drug-likeness (QED) is 0.296. The molecule has 10 nitrogen and oxygen atoms in total. The molecule has 4 rings (SSSR count). The van der Waals surface area contributed by atoms with Crippen LogP contribution in [0, 0.1) is 10.1 Å². The van der Waals surface area contributed by atoms with Crippen LogP contribution in [0.15, 0.2) is 58.9 Å². The normalized spacial score (nSPS) is 19.7. The van der Waals surface area contributed by atoms with Gasteiger partial charge in [-0.05, 0) is 29.8 Å². The van der Waals surface area contributed by atoms with Gasteiger partial charge in [-0.3, -0.25) is 19.7 Å². The number of rotatable bonds is 7. The minimum atomic E-state index is -0.651. The molecule has 2 aliphatic rings. The summed E-state index contributed by atoms with van der Waals surface area (Å²) in [5.41, 5.74) is 0.895. The number of nitro benzene ring substituents is 1. The molecule has 2 aliphatic heterocycles. The summed E-state index contributed by atoms with van der Waals surface area (Å²) < 4.78 is 10.4. The fourth-order valence-corrected chi connectivity index (χ4v) is 4.42. The van der Waals surface area contributed by atoms with E-state index in [-0.39, 0.29) is 35.9 Å². The first kappa shape index (κ1) is 20.7. The van der Waals surface area contributed by atoms with E-state index in [1.54, 1.807) is 12.1 Å². The molecule has 1 N–H and O–H groups in total. The van der Waals surface area contributed by atoms with Crippen molar-refractivity contribution in [3.05, 3.63) is 75.9 Å². The first-order valence-electron chi connectivity index (χ1n) is 9.29. The van der Waals surface area contributed by atoms with Gasteiger partial charge in [0, 0.05) is 24.1 Å². The first-order valence-corrected chi connectivity index (χ1v) is 10.3. The van der Waals surface area contributed by atoms with Gasteiger partial charge in [0.1, 0.15) is 23.8 Å². The summed E-state index contributed by atoms with van der Waals surface area (Å²) >= 11 is 1.36. The molecule has 2 atom stereocenters. The fraction of sp³-hybridized carbons (Fsp3) is 0.250. The number of hydrogen-bond donors (Lipinski definition) is 1. The number of nitrogens with one attached hydrogen (secondary N) is 1. The van der Waals surface area contributed by atoms with Crippen molar-refractivity contribution in [1.82, 2.24) is 10.2 Å². The van der Waals surface area contributed by atoms with E-state index in [0.717, 1.165) is 0 Å². The summed E-state index contributed by atoms with van der Waals surface area (Å²) in [5, 5.41) is 13.1. The minimum absolute atomic E-state index is 0.0400. The summed E-state index contributed by atoms with van der Waals surface area (Å²) in [6.07, 6.45) is 2.98. The molecule has 160 valence electrons. The molecule has 1 aromatic heterocycles. The van der Waals surface area contributed by atoms with Crippen LogP contribution in [0.25, 0.3) is 0 Å². The number of ether oxygens (including phenoxy) is 1. The number of nitrogens with zero attached hydrogens (tertiary/aromatic N) is 2. The number of carbonyl (C=O) groups is 3. The van der Waals surface area contributed by atoms with E-state index >= 15 is 0 Å². The maximum Gasteiger partial charge on any atom is 0.336 e. The lowest BCUT2D eigenvalue weighted by atomic mass is 10.1. The third-order valence-corrected chi connectivity index (χ3v) is 6.11. The minimum Gasteiger partial charge on any atom is -0.469 e. The van der Waals surface area contributed by atoms with E-state index in [9.17, 15) is 24.5 Å². The number of non-ortho nitro benzene ring substituents is 1. The van der Waals surface area contributed by atoms with Crippen molar-refractivity contribution < 1.29 is 28.5 Å². The number of hydrogen-bond acceptors (Lipinski definition) is 8. The molecule has 1 aromatic carbocycles. The molecule has 0 radical (unpaired) electrons. The Morgan fingerprint density at radius 2 is 2.06 bits per heavy atom. The van der Waals surface area contributed by atoms with Crippen LogP contribution in [0.5, 0.6) is 0 Å². The lowest BCUT2D eigenvalue weighted by Gasteiger charge is -2.47. The van der Waals surface area contributed by atoms with Crippen molar-refractivity contribution >= 4 is 35.2 Å². The van der Waals surface area contributed by atoms with Crippen LogP contribution in [0.2, 0.25) is 0 Å². The van der Waals surface area contributed by atoms with Gasteiger partial charge in [0.25, 0.3) is 11.6 Å². The number of benzene rings is 1. The third-order valence-electron chi connectivity index (χ3n) is 4.80. The second kappa shape index (κ2) is 8.64. The average molecular weight is 443 g/mol. The average Bonchev–Trinajstić information content (AvgIpc) is 3.28. The van der Waals surface area contributed by atoms with Crippen LogP contribution in [-0.4, -0.2) is 44.8 Å². The maximum absolute atomic E-state index is 12.4. The van der Waals surface area contributed by atoms with Gasteiger partial charge in [-0.25, -0.2) is 4.79 Å². The SMILES string of the molecule is O=C(Cc1ccco1)NC1C(=O)N2C=C(C(=O)OCc3ccc([N+](=O)[O-])cc3)CS[C@H]12. The Hall–Kier alpha value is -3.60. The largest absolute Gasteiger partial charge is 0.469 e. The Kier molecular flexibility index (Phi) is 5.76. The maximum atomic E-state index is 12.4. The predicted molar refractivity (Wildman–Crippen MR) is 108 cm³/mol. The van der Waals surface area contributed by atoms with E-state index in [0.29, 0.717) is 22.6 Å². The first-order chi connectivity index (χ1) is 14.9. The van der Waals surface area contributed by atoms with Crippen LogP contribution in [0.4, 0.5) is 5.69 Å². The summed E-state index contributed by atoms with van der Waals surface area (Å²) in [4.78, 5) is 48.4. The number of β-lactam (4-membered cyclic amide) rings is 1. The Balaban J connectivity index is 1.29. The number of furan rings is 1. The number of thioether (sulfide) groups is 1. The summed E-state index contributed by atoms with van der Waals surface area (Å²) in [6.45, 7) is -0.0400. The van der Waals surface area contributed by atoms with Crippen molar-refractivity contribution in [1.29, 1.82) is 0 Å². The Morgan fingerprint density at radius 1 is 1.29 bits per heavy atom. The third kappa shape index (κ3) is 4.45.